The molecule has 0 unspecified atom stereocenters. The molecule has 35 heavy (non-hydrogen) atoms. The molecule has 9 nitrogen and oxygen atoms in total. The van der Waals surface area contributed by atoms with Crippen LogP contribution in [-0.2, 0) is 10.0 Å². The van der Waals surface area contributed by atoms with Crippen LogP contribution in [0.25, 0.3) is 0 Å². The van der Waals surface area contributed by atoms with Crippen molar-refractivity contribution in [1.29, 1.82) is 0 Å². The molecule has 0 bridgehead atoms. The van der Waals surface area contributed by atoms with Crippen molar-refractivity contribution in [3.63, 3.8) is 0 Å². The Labute approximate surface area is 209 Å². The normalized spacial score (nSPS) is 18.3. The molecule has 1 aliphatic rings. The van der Waals surface area contributed by atoms with Crippen LogP contribution in [0.1, 0.15) is 62.7 Å². The quantitative estimate of drug-likeness (QED) is 0.484. The van der Waals surface area contributed by atoms with E-state index >= 15 is 0 Å². The highest BCUT2D eigenvalue weighted by atomic mass is 32.2. The van der Waals surface area contributed by atoms with Gasteiger partial charge in [-0.3, -0.25) is 4.79 Å². The third-order valence-electron chi connectivity index (χ3n) is 6.19. The molecule has 1 fully saturated rings. The SMILES string of the molecule is CCCN(CCC)S(=O)(=O)c1ccc(C(=O)N[C@H]2CC[C@@H](Nc3nccc(N(C)C)n3)CC2)cc1. The number of carbonyl (C=O) groups is 1. The predicted octanol–water partition coefficient (Wildman–Crippen LogP) is 3.51. The van der Waals surface area contributed by atoms with Crippen molar-refractivity contribution in [3.8, 4) is 0 Å². The molecule has 1 aliphatic carbocycles. The highest BCUT2D eigenvalue weighted by molar-refractivity contribution is 7.89. The minimum absolute atomic E-state index is 0.0857. The second-order valence-corrected chi connectivity index (χ2v) is 11.2. The zero-order valence-electron chi connectivity index (χ0n) is 21.2. The number of hydrogen-bond donors (Lipinski definition) is 2. The van der Waals surface area contributed by atoms with Gasteiger partial charge in [0.25, 0.3) is 5.91 Å². The number of aromatic nitrogens is 2. The maximum absolute atomic E-state index is 12.9. The summed E-state index contributed by atoms with van der Waals surface area (Å²) in [6.07, 6.45) is 6.78. The predicted molar refractivity (Wildman–Crippen MR) is 139 cm³/mol. The molecule has 1 aromatic heterocycles. The number of nitrogens with zero attached hydrogens (tertiary/aromatic N) is 4. The lowest BCUT2D eigenvalue weighted by Crippen LogP contribution is -2.40. The van der Waals surface area contributed by atoms with Gasteiger partial charge in [-0.25, -0.2) is 13.4 Å². The van der Waals surface area contributed by atoms with Crippen molar-refractivity contribution in [3.05, 3.63) is 42.1 Å². The zero-order valence-corrected chi connectivity index (χ0v) is 22.0. The van der Waals surface area contributed by atoms with E-state index in [1.165, 1.54) is 16.4 Å². The molecule has 0 aliphatic heterocycles. The first-order valence-electron chi connectivity index (χ1n) is 12.4. The van der Waals surface area contributed by atoms with E-state index in [1.807, 2.05) is 38.9 Å². The van der Waals surface area contributed by atoms with Crippen molar-refractivity contribution < 1.29 is 13.2 Å². The van der Waals surface area contributed by atoms with Gasteiger partial charge in [-0.2, -0.15) is 9.29 Å². The van der Waals surface area contributed by atoms with Crippen molar-refractivity contribution in [2.75, 3.05) is 37.4 Å². The van der Waals surface area contributed by atoms with E-state index in [0.717, 1.165) is 44.3 Å². The Morgan fingerprint density at radius 1 is 0.971 bits per heavy atom. The molecule has 2 aromatic rings. The molecular formula is C25H38N6O3S. The standard InChI is InChI=1S/C25H38N6O3S/c1-5-17-31(18-6-2)35(33,34)22-13-7-19(8-14-22)24(32)27-20-9-11-21(12-10-20)28-25-26-16-15-23(29-25)30(3)4/h7-8,13-16,20-21H,5-6,9-12,17-18H2,1-4H3,(H,27,32)(H,26,28,29)/t20-,21+. The fraction of sp³-hybridized carbons (Fsp3) is 0.560. The molecule has 0 atom stereocenters. The molecule has 0 spiro atoms. The van der Waals surface area contributed by atoms with Crippen molar-refractivity contribution >= 4 is 27.7 Å². The number of amides is 1. The van der Waals surface area contributed by atoms with E-state index in [1.54, 1.807) is 18.3 Å². The van der Waals surface area contributed by atoms with Crippen LogP contribution in [0, 0.1) is 0 Å². The van der Waals surface area contributed by atoms with Crippen LogP contribution in [-0.4, -0.2) is 67.9 Å². The Balaban J connectivity index is 1.53. The summed E-state index contributed by atoms with van der Waals surface area (Å²) in [5, 5.41) is 6.51. The van der Waals surface area contributed by atoms with Crippen molar-refractivity contribution in [2.24, 2.45) is 0 Å². The smallest absolute Gasteiger partial charge is 0.251 e. The highest BCUT2D eigenvalue weighted by Gasteiger charge is 2.25. The van der Waals surface area contributed by atoms with E-state index in [4.69, 9.17) is 0 Å². The van der Waals surface area contributed by atoms with Crippen LogP contribution in [0.3, 0.4) is 0 Å². The number of nitrogens with one attached hydrogen (secondary N) is 2. The summed E-state index contributed by atoms with van der Waals surface area (Å²) < 4.78 is 27.4. The first-order chi connectivity index (χ1) is 16.7. The van der Waals surface area contributed by atoms with Gasteiger partial charge < -0.3 is 15.5 Å². The van der Waals surface area contributed by atoms with Gasteiger partial charge in [-0.05, 0) is 68.9 Å². The van der Waals surface area contributed by atoms with Crippen LogP contribution >= 0.6 is 0 Å². The Morgan fingerprint density at radius 3 is 2.14 bits per heavy atom. The topological polar surface area (TPSA) is 108 Å². The Bertz CT molecular complexity index is 1060. The first-order valence-corrected chi connectivity index (χ1v) is 13.9. The fourth-order valence-electron chi connectivity index (χ4n) is 4.28. The monoisotopic (exact) mass is 502 g/mol. The summed E-state index contributed by atoms with van der Waals surface area (Å²) in [6.45, 7) is 4.91. The van der Waals surface area contributed by atoms with Gasteiger partial charge >= 0.3 is 0 Å². The van der Waals surface area contributed by atoms with Crippen molar-refractivity contribution in [1.82, 2.24) is 19.6 Å². The summed E-state index contributed by atoms with van der Waals surface area (Å²) >= 11 is 0. The van der Waals surface area contributed by atoms with Gasteiger partial charge in [0.1, 0.15) is 5.82 Å². The lowest BCUT2D eigenvalue weighted by molar-refractivity contribution is 0.0926. The van der Waals surface area contributed by atoms with Crippen LogP contribution < -0.4 is 15.5 Å². The second-order valence-electron chi connectivity index (χ2n) is 9.23. The average molecular weight is 503 g/mol. The van der Waals surface area contributed by atoms with Crippen LogP contribution in [0.5, 0.6) is 0 Å². The molecule has 1 saturated carbocycles. The van der Waals surface area contributed by atoms with Gasteiger partial charge in [0.05, 0.1) is 4.90 Å². The zero-order chi connectivity index (χ0) is 25.4. The van der Waals surface area contributed by atoms with E-state index in [2.05, 4.69) is 20.6 Å². The summed E-state index contributed by atoms with van der Waals surface area (Å²) in [6, 6.07) is 8.48. The van der Waals surface area contributed by atoms with E-state index in [-0.39, 0.29) is 22.9 Å². The van der Waals surface area contributed by atoms with Gasteiger partial charge in [0.15, 0.2) is 0 Å². The van der Waals surface area contributed by atoms with E-state index in [9.17, 15) is 13.2 Å². The number of benzene rings is 1. The first kappa shape index (κ1) is 26.9. The van der Waals surface area contributed by atoms with Crippen LogP contribution in [0.15, 0.2) is 41.4 Å². The van der Waals surface area contributed by atoms with Gasteiger partial charge in [-0.15, -0.1) is 0 Å². The van der Waals surface area contributed by atoms with Gasteiger partial charge in [-0.1, -0.05) is 13.8 Å². The number of hydrogen-bond acceptors (Lipinski definition) is 7. The average Bonchev–Trinajstić information content (AvgIpc) is 2.85. The van der Waals surface area contributed by atoms with E-state index < -0.39 is 10.0 Å². The lowest BCUT2D eigenvalue weighted by atomic mass is 9.91. The maximum Gasteiger partial charge on any atom is 0.251 e. The van der Waals surface area contributed by atoms with Gasteiger partial charge in [0.2, 0.25) is 16.0 Å². The minimum atomic E-state index is -3.55. The van der Waals surface area contributed by atoms with Crippen LogP contribution in [0.4, 0.5) is 11.8 Å². The summed E-state index contributed by atoms with van der Waals surface area (Å²) in [4.78, 5) is 23.8. The second kappa shape index (κ2) is 12.3. The molecule has 1 aromatic carbocycles. The third-order valence-corrected chi connectivity index (χ3v) is 8.11. The molecule has 0 radical (unpaired) electrons. The Morgan fingerprint density at radius 2 is 1.57 bits per heavy atom. The molecule has 192 valence electrons. The van der Waals surface area contributed by atoms with Crippen molar-refractivity contribution in [2.45, 2.75) is 69.4 Å². The molecule has 0 saturated heterocycles. The van der Waals surface area contributed by atoms with E-state index in [0.29, 0.717) is 24.6 Å². The molecule has 3 rings (SSSR count). The summed E-state index contributed by atoms with van der Waals surface area (Å²) in [5.41, 5.74) is 0.468. The lowest BCUT2D eigenvalue weighted by Gasteiger charge is -2.29. The molecule has 1 heterocycles. The number of sulfonamides is 1. The molecular weight excluding hydrogens is 464 g/mol. The van der Waals surface area contributed by atoms with Crippen LogP contribution in [0.2, 0.25) is 0 Å². The number of rotatable bonds is 11. The Hall–Kier alpha value is -2.72. The number of anilines is 2. The van der Waals surface area contributed by atoms with Gasteiger partial charge in [0, 0.05) is 51.0 Å². The Kier molecular flexibility index (Phi) is 9.45. The third kappa shape index (κ3) is 7.14. The number of carbonyl (C=O) groups excluding carboxylic acids is 1. The maximum atomic E-state index is 12.9. The minimum Gasteiger partial charge on any atom is -0.363 e. The molecule has 1 amide bonds. The fourth-order valence-corrected chi connectivity index (χ4v) is 5.90. The molecule has 2 N–H and O–H groups in total. The largest absolute Gasteiger partial charge is 0.363 e. The summed E-state index contributed by atoms with van der Waals surface area (Å²) in [7, 11) is 0.336. The summed E-state index contributed by atoms with van der Waals surface area (Å²) in [5.74, 6) is 1.30. The molecule has 10 heteroatoms. The highest BCUT2D eigenvalue weighted by Crippen LogP contribution is 2.23.